The van der Waals surface area contributed by atoms with Gasteiger partial charge in [0.15, 0.2) is 6.61 Å². The van der Waals surface area contributed by atoms with E-state index in [0.29, 0.717) is 0 Å². The van der Waals surface area contributed by atoms with Crippen molar-refractivity contribution in [1.29, 1.82) is 0 Å². The molecule has 1 fully saturated rings. The van der Waals surface area contributed by atoms with E-state index in [1.54, 1.807) is 0 Å². The molecule has 4 nitrogen and oxygen atoms in total. The number of esters is 2. The van der Waals surface area contributed by atoms with Crippen molar-refractivity contribution in [3.63, 3.8) is 0 Å². The highest BCUT2D eigenvalue weighted by molar-refractivity contribution is 5.78. The first-order valence-corrected chi connectivity index (χ1v) is 7.96. The van der Waals surface area contributed by atoms with E-state index in [1.807, 2.05) is 38.1 Å². The Morgan fingerprint density at radius 1 is 1.18 bits per heavy atom. The average Bonchev–Trinajstić information content (AvgIpc) is 2.94. The van der Waals surface area contributed by atoms with E-state index in [4.69, 9.17) is 9.47 Å². The van der Waals surface area contributed by atoms with Crippen LogP contribution in [0.25, 0.3) is 0 Å². The Balaban J connectivity index is 1.77. The standard InChI is InChI=1S/C18H24O4/c1-3-18(9-4-5-10-18)22-17(20)13-21-16(19)12-15-8-6-7-14(2)11-15/h6-8,11H,3-5,9-10,12-13H2,1-2H3. The largest absolute Gasteiger partial charge is 0.457 e. The zero-order chi connectivity index (χ0) is 16.0. The van der Waals surface area contributed by atoms with Crippen molar-refractivity contribution < 1.29 is 19.1 Å². The van der Waals surface area contributed by atoms with E-state index < -0.39 is 11.9 Å². The average molecular weight is 304 g/mol. The lowest BCUT2D eigenvalue weighted by molar-refractivity contribution is -0.170. The maximum Gasteiger partial charge on any atom is 0.344 e. The van der Waals surface area contributed by atoms with Crippen molar-refractivity contribution >= 4 is 11.9 Å². The summed E-state index contributed by atoms with van der Waals surface area (Å²) in [6.45, 7) is 3.70. The molecule has 0 spiro atoms. The third-order valence-corrected chi connectivity index (χ3v) is 4.27. The summed E-state index contributed by atoms with van der Waals surface area (Å²) in [5.41, 5.74) is 1.65. The fourth-order valence-electron chi connectivity index (χ4n) is 3.00. The Kier molecular flexibility index (Phi) is 5.58. The van der Waals surface area contributed by atoms with Crippen LogP contribution in [0, 0.1) is 6.92 Å². The summed E-state index contributed by atoms with van der Waals surface area (Å²) in [7, 11) is 0. The molecule has 1 aliphatic rings. The first kappa shape index (κ1) is 16.5. The summed E-state index contributed by atoms with van der Waals surface area (Å²) in [5, 5.41) is 0. The number of ether oxygens (including phenoxy) is 2. The van der Waals surface area contributed by atoms with Crippen molar-refractivity contribution in [1.82, 2.24) is 0 Å². The van der Waals surface area contributed by atoms with Gasteiger partial charge in [-0.1, -0.05) is 36.8 Å². The number of carbonyl (C=O) groups is 2. The summed E-state index contributed by atoms with van der Waals surface area (Å²) in [4.78, 5) is 23.7. The highest BCUT2D eigenvalue weighted by Crippen LogP contribution is 2.35. The molecule has 2 rings (SSSR count). The van der Waals surface area contributed by atoms with Gasteiger partial charge in [0.25, 0.3) is 0 Å². The molecular weight excluding hydrogens is 280 g/mol. The first-order chi connectivity index (χ1) is 10.5. The maximum atomic E-state index is 11.9. The molecule has 0 aromatic heterocycles. The van der Waals surface area contributed by atoms with Crippen LogP contribution in [-0.2, 0) is 25.5 Å². The molecule has 4 heteroatoms. The zero-order valence-corrected chi connectivity index (χ0v) is 13.4. The molecule has 0 heterocycles. The van der Waals surface area contributed by atoms with Gasteiger partial charge in [0.2, 0.25) is 0 Å². The summed E-state index contributed by atoms with van der Waals surface area (Å²) in [6.07, 6.45) is 4.99. The lowest BCUT2D eigenvalue weighted by Gasteiger charge is -2.27. The SMILES string of the molecule is CCC1(OC(=O)COC(=O)Cc2cccc(C)c2)CCCC1. The lowest BCUT2D eigenvalue weighted by Crippen LogP contribution is -2.33. The molecule has 0 amide bonds. The highest BCUT2D eigenvalue weighted by atomic mass is 16.6. The van der Waals surface area contributed by atoms with Crippen LogP contribution in [0.4, 0.5) is 0 Å². The molecule has 0 atom stereocenters. The van der Waals surface area contributed by atoms with Crippen molar-refractivity contribution in [3.05, 3.63) is 35.4 Å². The van der Waals surface area contributed by atoms with E-state index >= 15 is 0 Å². The molecule has 22 heavy (non-hydrogen) atoms. The first-order valence-electron chi connectivity index (χ1n) is 7.96. The number of benzene rings is 1. The van der Waals surface area contributed by atoms with E-state index in [1.165, 1.54) is 0 Å². The van der Waals surface area contributed by atoms with Gasteiger partial charge < -0.3 is 9.47 Å². The zero-order valence-electron chi connectivity index (χ0n) is 13.4. The second kappa shape index (κ2) is 7.43. The summed E-state index contributed by atoms with van der Waals surface area (Å²) >= 11 is 0. The normalized spacial score (nSPS) is 16.3. The van der Waals surface area contributed by atoms with Crippen LogP contribution >= 0.6 is 0 Å². The van der Waals surface area contributed by atoms with Gasteiger partial charge in [-0.15, -0.1) is 0 Å². The third kappa shape index (κ3) is 4.58. The van der Waals surface area contributed by atoms with Crippen LogP contribution in [-0.4, -0.2) is 24.1 Å². The summed E-state index contributed by atoms with van der Waals surface area (Å²) in [5.74, 6) is -0.846. The predicted octanol–water partition coefficient (Wildman–Crippen LogP) is 3.35. The van der Waals surface area contributed by atoms with Gasteiger partial charge in [-0.25, -0.2) is 4.79 Å². The fourth-order valence-corrected chi connectivity index (χ4v) is 3.00. The highest BCUT2D eigenvalue weighted by Gasteiger charge is 2.35. The molecule has 1 aromatic rings. The second-order valence-corrected chi connectivity index (χ2v) is 6.04. The van der Waals surface area contributed by atoms with Crippen LogP contribution in [0.2, 0.25) is 0 Å². The number of rotatable bonds is 6. The van der Waals surface area contributed by atoms with Gasteiger partial charge >= 0.3 is 11.9 Å². The Bertz CT molecular complexity index is 530. The van der Waals surface area contributed by atoms with Crippen LogP contribution in [0.15, 0.2) is 24.3 Å². The molecule has 0 saturated heterocycles. The molecule has 0 aliphatic heterocycles. The minimum absolute atomic E-state index is 0.174. The molecular formula is C18H24O4. The van der Waals surface area contributed by atoms with Gasteiger partial charge in [-0.3, -0.25) is 4.79 Å². The maximum absolute atomic E-state index is 11.9. The molecule has 1 saturated carbocycles. The number of hydrogen-bond donors (Lipinski definition) is 0. The van der Waals surface area contributed by atoms with Crippen LogP contribution < -0.4 is 0 Å². The summed E-state index contributed by atoms with van der Waals surface area (Å²) in [6, 6.07) is 7.68. The minimum Gasteiger partial charge on any atom is -0.457 e. The Morgan fingerprint density at radius 3 is 2.55 bits per heavy atom. The van der Waals surface area contributed by atoms with Gasteiger partial charge in [-0.05, 0) is 44.6 Å². The number of carbonyl (C=O) groups excluding carboxylic acids is 2. The van der Waals surface area contributed by atoms with Crippen LogP contribution in [0.5, 0.6) is 0 Å². The Hall–Kier alpha value is -1.84. The quantitative estimate of drug-likeness (QED) is 0.756. The van der Waals surface area contributed by atoms with Gasteiger partial charge in [-0.2, -0.15) is 0 Å². The minimum atomic E-state index is -0.443. The lowest BCUT2D eigenvalue weighted by atomic mass is 9.99. The van der Waals surface area contributed by atoms with Crippen molar-refractivity contribution in [2.45, 2.75) is 58.0 Å². The third-order valence-electron chi connectivity index (χ3n) is 4.27. The summed E-state index contributed by atoms with van der Waals surface area (Å²) < 4.78 is 10.6. The van der Waals surface area contributed by atoms with Crippen molar-refractivity contribution in [3.8, 4) is 0 Å². The Morgan fingerprint density at radius 2 is 1.91 bits per heavy atom. The smallest absolute Gasteiger partial charge is 0.344 e. The molecule has 1 aliphatic carbocycles. The van der Waals surface area contributed by atoms with Gasteiger partial charge in [0.1, 0.15) is 5.60 Å². The second-order valence-electron chi connectivity index (χ2n) is 6.04. The number of aryl methyl sites for hydroxylation is 1. The molecule has 0 unspecified atom stereocenters. The molecule has 0 radical (unpaired) electrons. The monoisotopic (exact) mass is 304 g/mol. The van der Waals surface area contributed by atoms with E-state index in [9.17, 15) is 9.59 Å². The molecule has 120 valence electrons. The van der Waals surface area contributed by atoms with E-state index in [0.717, 1.165) is 43.2 Å². The van der Waals surface area contributed by atoms with E-state index in [-0.39, 0.29) is 18.6 Å². The predicted molar refractivity (Wildman–Crippen MR) is 83.4 cm³/mol. The van der Waals surface area contributed by atoms with Crippen LogP contribution in [0.3, 0.4) is 0 Å². The van der Waals surface area contributed by atoms with Crippen LogP contribution in [0.1, 0.15) is 50.2 Å². The van der Waals surface area contributed by atoms with Crippen molar-refractivity contribution in [2.24, 2.45) is 0 Å². The van der Waals surface area contributed by atoms with Gasteiger partial charge in [0, 0.05) is 0 Å². The fraction of sp³-hybridized carbons (Fsp3) is 0.556. The number of hydrogen-bond acceptors (Lipinski definition) is 4. The van der Waals surface area contributed by atoms with Gasteiger partial charge in [0.05, 0.1) is 6.42 Å². The topological polar surface area (TPSA) is 52.6 Å². The van der Waals surface area contributed by atoms with E-state index in [2.05, 4.69) is 0 Å². The molecule has 0 bridgehead atoms. The molecule has 0 N–H and O–H groups in total. The molecule has 1 aromatic carbocycles. The Labute approximate surface area is 131 Å². The van der Waals surface area contributed by atoms with Crippen molar-refractivity contribution in [2.75, 3.05) is 6.61 Å².